The molecule has 0 bridgehead atoms. The van der Waals surface area contributed by atoms with E-state index in [0.29, 0.717) is 0 Å². The maximum Gasteiger partial charge on any atom is 0.0593 e. The lowest BCUT2D eigenvalue weighted by Crippen LogP contribution is -2.25. The Morgan fingerprint density at radius 2 is 2.17 bits per heavy atom. The van der Waals surface area contributed by atoms with Gasteiger partial charge in [0, 0.05) is 18.8 Å². The molecule has 3 heteroatoms. The molecule has 0 aromatic heterocycles. The van der Waals surface area contributed by atoms with Crippen LogP contribution in [-0.2, 0) is 4.74 Å². The molecule has 2 nitrogen and oxygen atoms in total. The van der Waals surface area contributed by atoms with Crippen molar-refractivity contribution >= 4 is 12.6 Å². The minimum Gasteiger partial charge on any atom is -0.379 e. The van der Waals surface area contributed by atoms with Crippen molar-refractivity contribution in [2.75, 3.05) is 39.1 Å². The van der Waals surface area contributed by atoms with Gasteiger partial charge in [0.1, 0.15) is 0 Å². The van der Waals surface area contributed by atoms with Crippen molar-refractivity contribution in [3.05, 3.63) is 0 Å². The highest BCUT2D eigenvalue weighted by Gasteiger charge is 2.22. The first-order valence-electron chi connectivity index (χ1n) is 4.70. The molecule has 0 N–H and O–H groups in total. The van der Waals surface area contributed by atoms with Gasteiger partial charge in [0.15, 0.2) is 0 Å². The van der Waals surface area contributed by atoms with E-state index in [9.17, 15) is 0 Å². The molecule has 0 aliphatic heterocycles. The van der Waals surface area contributed by atoms with Crippen LogP contribution in [0.4, 0.5) is 0 Å². The van der Waals surface area contributed by atoms with E-state index >= 15 is 0 Å². The second-order valence-electron chi connectivity index (χ2n) is 3.54. The lowest BCUT2D eigenvalue weighted by Gasteiger charge is -2.15. The zero-order valence-corrected chi connectivity index (χ0v) is 8.72. The van der Waals surface area contributed by atoms with Gasteiger partial charge in [-0.2, -0.15) is 12.6 Å². The van der Waals surface area contributed by atoms with Crippen LogP contribution < -0.4 is 0 Å². The summed E-state index contributed by atoms with van der Waals surface area (Å²) in [5, 5.41) is 0. The largest absolute Gasteiger partial charge is 0.379 e. The van der Waals surface area contributed by atoms with Crippen molar-refractivity contribution in [1.29, 1.82) is 0 Å². The Morgan fingerprint density at radius 3 is 2.75 bits per heavy atom. The Kier molecular flexibility index (Phi) is 5.04. The standard InChI is InChI=1S/C9H19NOS/c1-10(8-9-2-3-9)4-5-11-6-7-12/h9,12H,2-8H2,1H3. The molecule has 12 heavy (non-hydrogen) atoms. The van der Waals surface area contributed by atoms with Gasteiger partial charge in [-0.3, -0.25) is 0 Å². The van der Waals surface area contributed by atoms with Gasteiger partial charge in [-0.15, -0.1) is 0 Å². The summed E-state index contributed by atoms with van der Waals surface area (Å²) in [6.45, 7) is 3.94. The summed E-state index contributed by atoms with van der Waals surface area (Å²) in [7, 11) is 2.17. The molecule has 0 amide bonds. The smallest absolute Gasteiger partial charge is 0.0593 e. The van der Waals surface area contributed by atoms with Gasteiger partial charge in [-0.1, -0.05) is 0 Å². The van der Waals surface area contributed by atoms with Crippen LogP contribution >= 0.6 is 12.6 Å². The maximum absolute atomic E-state index is 5.34. The molecular weight excluding hydrogens is 170 g/mol. The fourth-order valence-corrected chi connectivity index (χ4v) is 1.35. The van der Waals surface area contributed by atoms with E-state index in [0.717, 1.165) is 31.4 Å². The number of thiol groups is 1. The number of nitrogens with zero attached hydrogens (tertiary/aromatic N) is 1. The fraction of sp³-hybridized carbons (Fsp3) is 1.00. The van der Waals surface area contributed by atoms with Crippen molar-refractivity contribution in [2.24, 2.45) is 5.92 Å². The summed E-state index contributed by atoms with van der Waals surface area (Å²) in [5.74, 6) is 1.81. The van der Waals surface area contributed by atoms with Gasteiger partial charge in [-0.05, 0) is 25.8 Å². The molecule has 72 valence electrons. The summed E-state index contributed by atoms with van der Waals surface area (Å²) in [6, 6.07) is 0. The summed E-state index contributed by atoms with van der Waals surface area (Å²) < 4.78 is 5.34. The van der Waals surface area contributed by atoms with Crippen molar-refractivity contribution in [1.82, 2.24) is 4.90 Å². The van der Waals surface area contributed by atoms with Crippen molar-refractivity contribution in [3.63, 3.8) is 0 Å². The first-order valence-corrected chi connectivity index (χ1v) is 5.33. The third-order valence-corrected chi connectivity index (χ3v) is 2.30. The highest BCUT2D eigenvalue weighted by molar-refractivity contribution is 7.80. The van der Waals surface area contributed by atoms with Crippen LogP contribution in [0.1, 0.15) is 12.8 Å². The molecule has 1 saturated carbocycles. The predicted molar refractivity (Wildman–Crippen MR) is 54.9 cm³/mol. The van der Waals surface area contributed by atoms with Crippen molar-refractivity contribution in [3.8, 4) is 0 Å². The average molecular weight is 189 g/mol. The molecule has 0 spiro atoms. The maximum atomic E-state index is 5.34. The molecule has 0 heterocycles. The van der Waals surface area contributed by atoms with Crippen LogP contribution in [0.15, 0.2) is 0 Å². The molecule has 1 rings (SSSR count). The molecular formula is C9H19NOS. The van der Waals surface area contributed by atoms with Crippen LogP contribution in [0.25, 0.3) is 0 Å². The zero-order chi connectivity index (χ0) is 8.81. The highest BCUT2D eigenvalue weighted by Crippen LogP contribution is 2.29. The van der Waals surface area contributed by atoms with Crippen LogP contribution in [0, 0.1) is 5.92 Å². The zero-order valence-electron chi connectivity index (χ0n) is 7.83. The van der Waals surface area contributed by atoms with Crippen LogP contribution in [0.2, 0.25) is 0 Å². The van der Waals surface area contributed by atoms with E-state index in [4.69, 9.17) is 4.74 Å². The van der Waals surface area contributed by atoms with Crippen molar-refractivity contribution in [2.45, 2.75) is 12.8 Å². The highest BCUT2D eigenvalue weighted by atomic mass is 32.1. The van der Waals surface area contributed by atoms with E-state index in [1.807, 2.05) is 0 Å². The SMILES string of the molecule is CN(CCOCCS)CC1CC1. The summed E-state index contributed by atoms with van der Waals surface area (Å²) in [6.07, 6.45) is 2.86. The number of rotatable bonds is 7. The van der Waals surface area contributed by atoms with Gasteiger partial charge >= 0.3 is 0 Å². The summed E-state index contributed by atoms with van der Waals surface area (Å²) >= 11 is 4.07. The molecule has 1 aliphatic carbocycles. The lowest BCUT2D eigenvalue weighted by molar-refractivity contribution is 0.123. The van der Waals surface area contributed by atoms with Gasteiger partial charge in [-0.25, -0.2) is 0 Å². The van der Waals surface area contributed by atoms with Crippen molar-refractivity contribution < 1.29 is 4.74 Å². The number of hydrogen-bond donors (Lipinski definition) is 1. The van der Waals surface area contributed by atoms with Gasteiger partial charge in [0.2, 0.25) is 0 Å². The topological polar surface area (TPSA) is 12.5 Å². The third-order valence-electron chi connectivity index (χ3n) is 2.12. The molecule has 0 atom stereocenters. The normalized spacial score (nSPS) is 17.2. The molecule has 0 aromatic carbocycles. The Bertz CT molecular complexity index is 117. The second kappa shape index (κ2) is 5.84. The number of ether oxygens (including phenoxy) is 1. The molecule has 0 radical (unpaired) electrons. The monoisotopic (exact) mass is 189 g/mol. The van der Waals surface area contributed by atoms with Crippen LogP contribution in [0.5, 0.6) is 0 Å². The van der Waals surface area contributed by atoms with Gasteiger partial charge in [0.25, 0.3) is 0 Å². The Hall–Kier alpha value is 0.270. The Morgan fingerprint density at radius 1 is 1.42 bits per heavy atom. The molecule has 0 unspecified atom stereocenters. The lowest BCUT2D eigenvalue weighted by atomic mass is 10.4. The van der Waals surface area contributed by atoms with Crippen LogP contribution in [0.3, 0.4) is 0 Å². The summed E-state index contributed by atoms with van der Waals surface area (Å²) in [4.78, 5) is 2.36. The Labute approximate surface area is 80.7 Å². The first kappa shape index (κ1) is 10.4. The van der Waals surface area contributed by atoms with Gasteiger partial charge < -0.3 is 9.64 Å². The van der Waals surface area contributed by atoms with E-state index in [1.165, 1.54) is 19.4 Å². The van der Waals surface area contributed by atoms with E-state index < -0.39 is 0 Å². The Balaban J connectivity index is 1.83. The third kappa shape index (κ3) is 5.01. The summed E-state index contributed by atoms with van der Waals surface area (Å²) in [5.41, 5.74) is 0. The fourth-order valence-electron chi connectivity index (χ4n) is 1.22. The van der Waals surface area contributed by atoms with Crippen LogP contribution in [-0.4, -0.2) is 44.0 Å². The molecule has 1 fully saturated rings. The average Bonchev–Trinajstić information content (AvgIpc) is 2.82. The number of hydrogen-bond acceptors (Lipinski definition) is 3. The first-order chi connectivity index (χ1) is 5.83. The van der Waals surface area contributed by atoms with Gasteiger partial charge in [0.05, 0.1) is 13.2 Å². The minimum absolute atomic E-state index is 0.778. The second-order valence-corrected chi connectivity index (χ2v) is 3.99. The van der Waals surface area contributed by atoms with E-state index in [1.54, 1.807) is 0 Å². The quantitative estimate of drug-likeness (QED) is 0.478. The number of likely N-dealkylation sites (N-methyl/N-ethyl adjacent to an activating group) is 1. The van der Waals surface area contributed by atoms with E-state index in [-0.39, 0.29) is 0 Å². The predicted octanol–water partition coefficient (Wildman–Crippen LogP) is 1.27. The minimum atomic E-state index is 0.778. The van der Waals surface area contributed by atoms with E-state index in [2.05, 4.69) is 24.6 Å². The molecule has 1 aliphatic rings. The molecule has 0 aromatic rings. The molecule has 0 saturated heterocycles.